The Morgan fingerprint density at radius 2 is 1.74 bits per heavy atom. The Morgan fingerprint density at radius 3 is 2.57 bits per heavy atom. The standard InChI is InChI=1S/C17H11F3N2O/c18-13-8-7-12(15(19)16(13)20)17(23)21-9-11-6-5-10-3-1-2-4-14(10)22-11/h1-8H,9H2,(H,21,23). The molecule has 0 spiro atoms. The summed E-state index contributed by atoms with van der Waals surface area (Å²) in [6.07, 6.45) is 0. The molecule has 23 heavy (non-hydrogen) atoms. The largest absolute Gasteiger partial charge is 0.346 e. The second-order valence-electron chi connectivity index (χ2n) is 4.90. The quantitative estimate of drug-likeness (QED) is 0.751. The van der Waals surface area contributed by atoms with Gasteiger partial charge in [0.1, 0.15) is 0 Å². The number of nitrogens with zero attached hydrogens (tertiary/aromatic N) is 1. The molecule has 0 radical (unpaired) electrons. The fourth-order valence-corrected chi connectivity index (χ4v) is 2.17. The van der Waals surface area contributed by atoms with Crippen LogP contribution < -0.4 is 5.32 Å². The molecule has 0 fully saturated rings. The van der Waals surface area contributed by atoms with Crippen LogP contribution in [0.5, 0.6) is 0 Å². The minimum Gasteiger partial charge on any atom is -0.346 e. The molecule has 1 aromatic heterocycles. The van der Waals surface area contributed by atoms with Crippen LogP contribution in [0.1, 0.15) is 16.1 Å². The Hall–Kier alpha value is -2.89. The predicted molar refractivity (Wildman–Crippen MR) is 79.2 cm³/mol. The molecule has 1 heterocycles. The topological polar surface area (TPSA) is 42.0 Å². The third kappa shape index (κ3) is 3.01. The summed E-state index contributed by atoms with van der Waals surface area (Å²) in [5.74, 6) is -5.35. The second kappa shape index (κ2) is 6.08. The van der Waals surface area contributed by atoms with Crippen LogP contribution in [0.15, 0.2) is 48.5 Å². The van der Waals surface area contributed by atoms with Gasteiger partial charge < -0.3 is 5.32 Å². The zero-order valence-electron chi connectivity index (χ0n) is 11.8. The summed E-state index contributed by atoms with van der Waals surface area (Å²) in [5, 5.41) is 3.39. The van der Waals surface area contributed by atoms with Crippen LogP contribution in [0, 0.1) is 17.5 Å². The van der Waals surface area contributed by atoms with Crippen molar-refractivity contribution < 1.29 is 18.0 Å². The van der Waals surface area contributed by atoms with E-state index in [1.54, 1.807) is 6.07 Å². The zero-order chi connectivity index (χ0) is 16.4. The zero-order valence-corrected chi connectivity index (χ0v) is 11.8. The summed E-state index contributed by atoms with van der Waals surface area (Å²) in [6.45, 7) is 0.0438. The summed E-state index contributed by atoms with van der Waals surface area (Å²) >= 11 is 0. The fourth-order valence-electron chi connectivity index (χ4n) is 2.17. The number of hydrogen-bond donors (Lipinski definition) is 1. The number of nitrogens with one attached hydrogen (secondary N) is 1. The van der Waals surface area contributed by atoms with E-state index in [4.69, 9.17) is 0 Å². The number of aromatic nitrogens is 1. The van der Waals surface area contributed by atoms with Gasteiger partial charge in [-0.2, -0.15) is 0 Å². The Bertz CT molecular complexity index is 896. The first-order chi connectivity index (χ1) is 11.1. The first-order valence-electron chi connectivity index (χ1n) is 6.82. The van der Waals surface area contributed by atoms with Gasteiger partial charge in [0, 0.05) is 5.39 Å². The van der Waals surface area contributed by atoms with E-state index < -0.39 is 28.9 Å². The van der Waals surface area contributed by atoms with Crippen LogP contribution in [0.2, 0.25) is 0 Å². The number of halogens is 3. The van der Waals surface area contributed by atoms with E-state index in [0.29, 0.717) is 11.8 Å². The molecule has 0 saturated carbocycles. The normalized spacial score (nSPS) is 10.7. The first kappa shape index (κ1) is 15.0. The molecular weight excluding hydrogens is 305 g/mol. The second-order valence-corrected chi connectivity index (χ2v) is 4.90. The lowest BCUT2D eigenvalue weighted by atomic mass is 10.1. The van der Waals surface area contributed by atoms with Gasteiger partial charge in [0.15, 0.2) is 17.5 Å². The number of fused-ring (bicyclic) bond motifs is 1. The summed E-state index contributed by atoms with van der Waals surface area (Å²) < 4.78 is 39.6. The third-order valence-electron chi connectivity index (χ3n) is 3.37. The fraction of sp³-hybridized carbons (Fsp3) is 0.0588. The van der Waals surface area contributed by atoms with E-state index in [1.165, 1.54) is 0 Å². The van der Waals surface area contributed by atoms with Gasteiger partial charge in [-0.15, -0.1) is 0 Å². The summed E-state index contributed by atoms with van der Waals surface area (Å²) in [7, 11) is 0. The van der Waals surface area contributed by atoms with Gasteiger partial charge in [0.25, 0.3) is 5.91 Å². The van der Waals surface area contributed by atoms with Crippen LogP contribution in [0.3, 0.4) is 0 Å². The van der Waals surface area contributed by atoms with Gasteiger partial charge >= 0.3 is 0 Å². The van der Waals surface area contributed by atoms with Crippen molar-refractivity contribution in [3.05, 3.63) is 77.2 Å². The van der Waals surface area contributed by atoms with E-state index in [1.807, 2.05) is 30.3 Å². The smallest absolute Gasteiger partial charge is 0.254 e. The maximum absolute atomic E-state index is 13.6. The van der Waals surface area contributed by atoms with Crippen molar-refractivity contribution in [1.29, 1.82) is 0 Å². The van der Waals surface area contributed by atoms with Crippen LogP contribution in [0.4, 0.5) is 13.2 Å². The first-order valence-corrected chi connectivity index (χ1v) is 6.82. The highest BCUT2D eigenvalue weighted by atomic mass is 19.2. The van der Waals surface area contributed by atoms with E-state index in [-0.39, 0.29) is 6.54 Å². The number of amides is 1. The van der Waals surface area contributed by atoms with Gasteiger partial charge in [-0.3, -0.25) is 9.78 Å². The van der Waals surface area contributed by atoms with Gasteiger partial charge in [-0.25, -0.2) is 13.2 Å². The van der Waals surface area contributed by atoms with Crippen LogP contribution >= 0.6 is 0 Å². The molecule has 6 heteroatoms. The molecule has 116 valence electrons. The molecule has 0 aliphatic heterocycles. The molecule has 1 amide bonds. The monoisotopic (exact) mass is 316 g/mol. The molecule has 0 unspecified atom stereocenters. The number of pyridine rings is 1. The average Bonchev–Trinajstić information content (AvgIpc) is 2.57. The predicted octanol–water partition coefficient (Wildman–Crippen LogP) is 3.58. The Balaban J connectivity index is 1.77. The average molecular weight is 316 g/mol. The summed E-state index contributed by atoms with van der Waals surface area (Å²) in [6, 6.07) is 12.6. The lowest BCUT2D eigenvalue weighted by Gasteiger charge is -2.07. The van der Waals surface area contributed by atoms with Crippen LogP contribution in [0.25, 0.3) is 10.9 Å². The minimum atomic E-state index is -1.67. The Morgan fingerprint density at radius 1 is 0.957 bits per heavy atom. The van der Waals surface area contributed by atoms with Gasteiger partial charge in [0.05, 0.1) is 23.3 Å². The molecule has 0 atom stereocenters. The van der Waals surface area contributed by atoms with E-state index in [2.05, 4.69) is 10.3 Å². The van der Waals surface area contributed by atoms with Crippen molar-refractivity contribution in [2.24, 2.45) is 0 Å². The third-order valence-corrected chi connectivity index (χ3v) is 3.37. The number of benzene rings is 2. The molecule has 3 rings (SSSR count). The van der Waals surface area contributed by atoms with Crippen molar-refractivity contribution in [2.75, 3.05) is 0 Å². The molecule has 0 bridgehead atoms. The molecule has 0 aliphatic carbocycles. The minimum absolute atomic E-state index is 0.0438. The number of carbonyl (C=O) groups excluding carboxylic acids is 1. The molecule has 1 N–H and O–H groups in total. The molecule has 0 aliphatic rings. The SMILES string of the molecule is O=C(NCc1ccc2ccccc2n1)c1ccc(F)c(F)c1F. The van der Waals surface area contributed by atoms with E-state index in [9.17, 15) is 18.0 Å². The molecule has 0 saturated heterocycles. The van der Waals surface area contributed by atoms with Gasteiger partial charge in [-0.05, 0) is 24.3 Å². The molecule has 3 nitrogen and oxygen atoms in total. The van der Waals surface area contributed by atoms with E-state index in [0.717, 1.165) is 17.0 Å². The van der Waals surface area contributed by atoms with Crippen molar-refractivity contribution in [3.8, 4) is 0 Å². The highest BCUT2D eigenvalue weighted by molar-refractivity contribution is 5.94. The number of para-hydroxylation sites is 1. The summed E-state index contributed by atoms with van der Waals surface area (Å²) in [4.78, 5) is 16.3. The number of rotatable bonds is 3. The van der Waals surface area contributed by atoms with Crippen molar-refractivity contribution in [3.63, 3.8) is 0 Å². The maximum atomic E-state index is 13.6. The lowest BCUT2D eigenvalue weighted by Crippen LogP contribution is -2.24. The van der Waals surface area contributed by atoms with Gasteiger partial charge in [-0.1, -0.05) is 24.3 Å². The molecular formula is C17H11F3N2O. The summed E-state index contributed by atoms with van der Waals surface area (Å²) in [5.41, 5.74) is 0.781. The van der Waals surface area contributed by atoms with Crippen molar-refractivity contribution in [1.82, 2.24) is 10.3 Å². The van der Waals surface area contributed by atoms with Gasteiger partial charge in [0.2, 0.25) is 0 Å². The number of carbonyl (C=O) groups is 1. The Labute approximate surface area is 129 Å². The Kier molecular flexibility index (Phi) is 3.97. The molecule has 2 aromatic carbocycles. The molecule has 3 aromatic rings. The van der Waals surface area contributed by atoms with Crippen LogP contribution in [-0.2, 0) is 6.54 Å². The van der Waals surface area contributed by atoms with Crippen molar-refractivity contribution >= 4 is 16.8 Å². The van der Waals surface area contributed by atoms with E-state index >= 15 is 0 Å². The van der Waals surface area contributed by atoms with Crippen molar-refractivity contribution in [2.45, 2.75) is 6.54 Å². The number of hydrogen-bond acceptors (Lipinski definition) is 2. The highest BCUT2D eigenvalue weighted by Gasteiger charge is 2.18. The maximum Gasteiger partial charge on any atom is 0.254 e. The van der Waals surface area contributed by atoms with Crippen LogP contribution in [-0.4, -0.2) is 10.9 Å². The highest BCUT2D eigenvalue weighted by Crippen LogP contribution is 2.15. The lowest BCUT2D eigenvalue weighted by molar-refractivity contribution is 0.0945.